The molecule has 0 aromatic rings. The molecule has 0 aliphatic carbocycles. The average Bonchev–Trinajstić information content (AvgIpc) is 2.63. The monoisotopic (exact) mass is 256 g/mol. The van der Waals surface area contributed by atoms with Crippen LogP contribution in [0.5, 0.6) is 0 Å². The van der Waals surface area contributed by atoms with Crippen molar-refractivity contribution in [1.82, 2.24) is 10.2 Å². The van der Waals surface area contributed by atoms with Crippen molar-refractivity contribution in [1.29, 1.82) is 0 Å². The lowest BCUT2D eigenvalue weighted by molar-refractivity contribution is 0.0292. The number of likely N-dealkylation sites (tertiary alicyclic amines) is 1. The molecular formula is C15H32N2O. The summed E-state index contributed by atoms with van der Waals surface area (Å²) in [7, 11) is 2.06. The fourth-order valence-corrected chi connectivity index (χ4v) is 2.85. The number of likely N-dealkylation sites (N-methyl/N-ethyl adjacent to an activating group) is 1. The Bertz CT molecular complexity index is 211. The van der Waals surface area contributed by atoms with Gasteiger partial charge in [0.2, 0.25) is 0 Å². The fourth-order valence-electron chi connectivity index (χ4n) is 2.85. The van der Waals surface area contributed by atoms with E-state index in [2.05, 4.69) is 38.0 Å². The van der Waals surface area contributed by atoms with Crippen molar-refractivity contribution in [3.8, 4) is 0 Å². The van der Waals surface area contributed by atoms with E-state index in [9.17, 15) is 0 Å². The summed E-state index contributed by atoms with van der Waals surface area (Å²) in [5.41, 5.74) is 0.173. The zero-order valence-corrected chi connectivity index (χ0v) is 12.8. The summed E-state index contributed by atoms with van der Waals surface area (Å²) in [5, 5.41) is 3.45. The van der Waals surface area contributed by atoms with Gasteiger partial charge in [-0.15, -0.1) is 0 Å². The first-order valence-corrected chi connectivity index (χ1v) is 7.63. The predicted molar refractivity (Wildman–Crippen MR) is 78.1 cm³/mol. The molecule has 1 saturated heterocycles. The van der Waals surface area contributed by atoms with E-state index >= 15 is 0 Å². The van der Waals surface area contributed by atoms with Crippen LogP contribution in [-0.2, 0) is 4.74 Å². The third-order valence-electron chi connectivity index (χ3n) is 4.26. The van der Waals surface area contributed by atoms with Crippen LogP contribution in [-0.4, -0.2) is 49.8 Å². The maximum absolute atomic E-state index is 5.76. The van der Waals surface area contributed by atoms with E-state index in [0.29, 0.717) is 6.04 Å². The molecule has 1 N–H and O–H groups in total. The molecule has 1 atom stereocenters. The Kier molecular flexibility index (Phi) is 7.20. The highest BCUT2D eigenvalue weighted by molar-refractivity contribution is 4.93. The number of nitrogens with zero attached hydrogens (tertiary/aromatic N) is 1. The SMILES string of the molecule is CCCOCC(NC)C(C)(C)N1CCCCCC1. The minimum Gasteiger partial charge on any atom is -0.380 e. The van der Waals surface area contributed by atoms with Crippen molar-refractivity contribution >= 4 is 0 Å². The van der Waals surface area contributed by atoms with Gasteiger partial charge in [-0.25, -0.2) is 0 Å². The lowest BCUT2D eigenvalue weighted by Gasteiger charge is -2.43. The molecule has 0 aromatic heterocycles. The Balaban J connectivity index is 2.55. The van der Waals surface area contributed by atoms with Crippen LogP contribution in [0.1, 0.15) is 52.9 Å². The van der Waals surface area contributed by atoms with E-state index in [-0.39, 0.29) is 5.54 Å². The highest BCUT2D eigenvalue weighted by atomic mass is 16.5. The first-order chi connectivity index (χ1) is 8.62. The molecule has 0 spiro atoms. The smallest absolute Gasteiger partial charge is 0.0637 e. The van der Waals surface area contributed by atoms with Gasteiger partial charge in [0, 0.05) is 18.2 Å². The van der Waals surface area contributed by atoms with Gasteiger partial charge in [-0.2, -0.15) is 0 Å². The summed E-state index contributed by atoms with van der Waals surface area (Å²) in [4.78, 5) is 2.65. The quantitative estimate of drug-likeness (QED) is 0.709. The van der Waals surface area contributed by atoms with Crippen LogP contribution in [0.4, 0.5) is 0 Å². The van der Waals surface area contributed by atoms with Gasteiger partial charge in [0.25, 0.3) is 0 Å². The van der Waals surface area contributed by atoms with Gasteiger partial charge in [-0.1, -0.05) is 19.8 Å². The molecule has 1 aliphatic heterocycles. The molecule has 108 valence electrons. The first kappa shape index (κ1) is 15.9. The third-order valence-corrected chi connectivity index (χ3v) is 4.26. The summed E-state index contributed by atoms with van der Waals surface area (Å²) in [6.07, 6.45) is 6.57. The molecule has 3 heteroatoms. The van der Waals surface area contributed by atoms with E-state index in [1.165, 1.54) is 38.8 Å². The molecule has 1 aliphatic rings. The Morgan fingerprint density at radius 1 is 1.17 bits per heavy atom. The molecular weight excluding hydrogens is 224 g/mol. The number of hydrogen-bond acceptors (Lipinski definition) is 3. The van der Waals surface area contributed by atoms with E-state index in [4.69, 9.17) is 4.74 Å². The second-order valence-corrected chi connectivity index (χ2v) is 5.97. The van der Waals surface area contributed by atoms with Crippen molar-refractivity contribution in [2.45, 2.75) is 64.5 Å². The van der Waals surface area contributed by atoms with Gasteiger partial charge < -0.3 is 10.1 Å². The van der Waals surface area contributed by atoms with Crippen LogP contribution >= 0.6 is 0 Å². The lowest BCUT2D eigenvalue weighted by atomic mass is 9.92. The minimum atomic E-state index is 0.173. The van der Waals surface area contributed by atoms with Crippen molar-refractivity contribution in [3.05, 3.63) is 0 Å². The van der Waals surface area contributed by atoms with Crippen molar-refractivity contribution < 1.29 is 4.74 Å². The molecule has 1 heterocycles. The summed E-state index contributed by atoms with van der Waals surface area (Å²) in [6.45, 7) is 11.0. The standard InChI is InChI=1S/C15H32N2O/c1-5-12-18-13-14(16-4)15(2,3)17-10-8-6-7-9-11-17/h14,16H,5-13H2,1-4H3. The van der Waals surface area contributed by atoms with E-state index in [1.807, 2.05) is 0 Å². The Morgan fingerprint density at radius 3 is 2.28 bits per heavy atom. The van der Waals surface area contributed by atoms with Crippen LogP contribution in [0, 0.1) is 0 Å². The minimum absolute atomic E-state index is 0.173. The highest BCUT2D eigenvalue weighted by Gasteiger charge is 2.34. The topological polar surface area (TPSA) is 24.5 Å². The highest BCUT2D eigenvalue weighted by Crippen LogP contribution is 2.23. The molecule has 1 unspecified atom stereocenters. The van der Waals surface area contributed by atoms with Crippen molar-refractivity contribution in [2.75, 3.05) is 33.4 Å². The summed E-state index contributed by atoms with van der Waals surface area (Å²) < 4.78 is 5.76. The molecule has 0 aromatic carbocycles. The maximum atomic E-state index is 5.76. The van der Waals surface area contributed by atoms with E-state index < -0.39 is 0 Å². The fraction of sp³-hybridized carbons (Fsp3) is 1.00. The molecule has 1 rings (SSSR count). The Hall–Kier alpha value is -0.120. The van der Waals surface area contributed by atoms with Crippen LogP contribution < -0.4 is 5.32 Å². The van der Waals surface area contributed by atoms with Gasteiger partial charge in [-0.3, -0.25) is 4.90 Å². The number of nitrogens with one attached hydrogen (secondary N) is 1. The van der Waals surface area contributed by atoms with E-state index in [1.54, 1.807) is 0 Å². The molecule has 3 nitrogen and oxygen atoms in total. The van der Waals surface area contributed by atoms with Crippen molar-refractivity contribution in [3.63, 3.8) is 0 Å². The third kappa shape index (κ3) is 4.52. The maximum Gasteiger partial charge on any atom is 0.0637 e. The second-order valence-electron chi connectivity index (χ2n) is 5.97. The van der Waals surface area contributed by atoms with Gasteiger partial charge in [-0.05, 0) is 53.2 Å². The molecule has 0 saturated carbocycles. The second kappa shape index (κ2) is 8.13. The Labute approximate surface area is 113 Å². The molecule has 1 fully saturated rings. The zero-order chi connectivity index (χ0) is 13.4. The van der Waals surface area contributed by atoms with Gasteiger partial charge in [0.05, 0.1) is 6.61 Å². The lowest BCUT2D eigenvalue weighted by Crippen LogP contribution is -2.59. The van der Waals surface area contributed by atoms with Crippen molar-refractivity contribution in [2.24, 2.45) is 0 Å². The summed E-state index contributed by atoms with van der Waals surface area (Å²) in [5.74, 6) is 0. The average molecular weight is 256 g/mol. The summed E-state index contributed by atoms with van der Waals surface area (Å²) >= 11 is 0. The first-order valence-electron chi connectivity index (χ1n) is 7.63. The van der Waals surface area contributed by atoms with Gasteiger partial charge in [0.15, 0.2) is 0 Å². The van der Waals surface area contributed by atoms with Crippen LogP contribution in [0.25, 0.3) is 0 Å². The molecule has 0 radical (unpaired) electrons. The normalized spacial score (nSPS) is 20.7. The molecule has 0 amide bonds. The predicted octanol–water partition coefficient (Wildman–Crippen LogP) is 2.66. The summed E-state index contributed by atoms with van der Waals surface area (Å²) in [6, 6.07) is 0.405. The Morgan fingerprint density at radius 2 is 1.78 bits per heavy atom. The largest absolute Gasteiger partial charge is 0.380 e. The molecule has 18 heavy (non-hydrogen) atoms. The van der Waals surface area contributed by atoms with Gasteiger partial charge >= 0.3 is 0 Å². The van der Waals surface area contributed by atoms with Crippen LogP contribution in [0.2, 0.25) is 0 Å². The number of rotatable bonds is 7. The van der Waals surface area contributed by atoms with Gasteiger partial charge in [0.1, 0.15) is 0 Å². The zero-order valence-electron chi connectivity index (χ0n) is 12.8. The van der Waals surface area contributed by atoms with Crippen LogP contribution in [0.3, 0.4) is 0 Å². The van der Waals surface area contributed by atoms with Crippen LogP contribution in [0.15, 0.2) is 0 Å². The molecule has 0 bridgehead atoms. The van der Waals surface area contributed by atoms with E-state index in [0.717, 1.165) is 19.6 Å². The number of ether oxygens (including phenoxy) is 1. The number of hydrogen-bond donors (Lipinski definition) is 1.